The molecule has 2 aromatic heterocycles. The summed E-state index contributed by atoms with van der Waals surface area (Å²) in [7, 11) is 0. The standard InChI is InChI=1S/C23H22N4O3S/c1-3-21-26-18-9-4-5-10-20(18)27(21)12-23(29)30-13-22(28)25-17-8-6-7-16(11-17)19-14-31-15(2)24-19/h4-11,14H,3,12-13H2,1-2H3,(H,25,28). The lowest BCUT2D eigenvalue weighted by atomic mass is 10.1. The number of ether oxygens (including phenoxy) is 1. The highest BCUT2D eigenvalue weighted by atomic mass is 32.1. The molecule has 0 spiro atoms. The third kappa shape index (κ3) is 4.80. The fraction of sp³-hybridized carbons (Fsp3) is 0.217. The van der Waals surface area contributed by atoms with E-state index in [2.05, 4.69) is 15.3 Å². The van der Waals surface area contributed by atoms with E-state index in [1.807, 2.05) is 66.3 Å². The Morgan fingerprint density at radius 1 is 1.13 bits per heavy atom. The van der Waals surface area contributed by atoms with E-state index in [1.165, 1.54) is 0 Å². The van der Waals surface area contributed by atoms with Crippen LogP contribution in [-0.4, -0.2) is 33.0 Å². The molecule has 4 aromatic rings. The zero-order valence-electron chi connectivity index (χ0n) is 17.3. The molecule has 0 saturated heterocycles. The van der Waals surface area contributed by atoms with Crippen LogP contribution in [0.15, 0.2) is 53.9 Å². The van der Waals surface area contributed by atoms with Crippen LogP contribution in [0.4, 0.5) is 5.69 Å². The number of nitrogens with one attached hydrogen (secondary N) is 1. The van der Waals surface area contributed by atoms with Crippen molar-refractivity contribution in [3.8, 4) is 11.3 Å². The van der Waals surface area contributed by atoms with Crippen molar-refractivity contribution in [1.29, 1.82) is 0 Å². The van der Waals surface area contributed by atoms with E-state index in [0.29, 0.717) is 12.1 Å². The first kappa shape index (κ1) is 20.7. The summed E-state index contributed by atoms with van der Waals surface area (Å²) in [5.74, 6) is -0.0810. The zero-order valence-corrected chi connectivity index (χ0v) is 18.1. The molecular weight excluding hydrogens is 412 g/mol. The molecule has 0 bridgehead atoms. The van der Waals surface area contributed by atoms with Crippen LogP contribution in [0, 0.1) is 6.92 Å². The zero-order chi connectivity index (χ0) is 21.8. The van der Waals surface area contributed by atoms with Gasteiger partial charge in [0.25, 0.3) is 5.91 Å². The van der Waals surface area contributed by atoms with Crippen molar-refractivity contribution in [2.75, 3.05) is 11.9 Å². The molecule has 0 fully saturated rings. The minimum Gasteiger partial charge on any atom is -0.454 e. The number of para-hydroxylation sites is 2. The van der Waals surface area contributed by atoms with Crippen LogP contribution in [0.1, 0.15) is 17.8 Å². The van der Waals surface area contributed by atoms with Crippen molar-refractivity contribution in [3.05, 3.63) is 64.7 Å². The predicted octanol–water partition coefficient (Wildman–Crippen LogP) is 4.21. The molecule has 8 heteroatoms. The summed E-state index contributed by atoms with van der Waals surface area (Å²) in [6.45, 7) is 3.59. The van der Waals surface area contributed by atoms with Gasteiger partial charge in [0.1, 0.15) is 12.4 Å². The van der Waals surface area contributed by atoms with E-state index >= 15 is 0 Å². The molecule has 2 heterocycles. The Kier molecular flexibility index (Phi) is 6.08. The molecule has 0 aliphatic heterocycles. The molecule has 31 heavy (non-hydrogen) atoms. The molecule has 0 aliphatic rings. The van der Waals surface area contributed by atoms with Crippen molar-refractivity contribution < 1.29 is 14.3 Å². The van der Waals surface area contributed by atoms with E-state index in [1.54, 1.807) is 17.4 Å². The number of carbonyl (C=O) groups is 2. The fourth-order valence-electron chi connectivity index (χ4n) is 3.34. The van der Waals surface area contributed by atoms with Crippen molar-refractivity contribution in [3.63, 3.8) is 0 Å². The summed E-state index contributed by atoms with van der Waals surface area (Å²) >= 11 is 1.57. The number of benzene rings is 2. The second-order valence-electron chi connectivity index (χ2n) is 7.00. The van der Waals surface area contributed by atoms with Crippen LogP contribution < -0.4 is 5.32 Å². The second kappa shape index (κ2) is 9.09. The molecule has 0 saturated carbocycles. The van der Waals surface area contributed by atoms with Crippen LogP contribution in [0.3, 0.4) is 0 Å². The highest BCUT2D eigenvalue weighted by Gasteiger charge is 2.14. The van der Waals surface area contributed by atoms with Gasteiger partial charge >= 0.3 is 5.97 Å². The van der Waals surface area contributed by atoms with Gasteiger partial charge < -0.3 is 14.6 Å². The third-order valence-corrected chi connectivity index (χ3v) is 5.54. The number of amides is 1. The van der Waals surface area contributed by atoms with Crippen LogP contribution in [-0.2, 0) is 27.3 Å². The minimum atomic E-state index is -0.486. The summed E-state index contributed by atoms with van der Waals surface area (Å²) in [5.41, 5.74) is 4.11. The number of thiazole rings is 1. The van der Waals surface area contributed by atoms with Crippen LogP contribution in [0.2, 0.25) is 0 Å². The van der Waals surface area contributed by atoms with Crippen molar-refractivity contribution in [2.45, 2.75) is 26.8 Å². The fourth-order valence-corrected chi connectivity index (χ4v) is 3.96. The lowest BCUT2D eigenvalue weighted by molar-refractivity contribution is -0.147. The van der Waals surface area contributed by atoms with Gasteiger partial charge in [-0.25, -0.2) is 9.97 Å². The van der Waals surface area contributed by atoms with Crippen molar-refractivity contribution in [2.24, 2.45) is 0 Å². The molecule has 1 N–H and O–H groups in total. The molecule has 0 aliphatic carbocycles. The van der Waals surface area contributed by atoms with Gasteiger partial charge in [0.15, 0.2) is 6.61 Å². The number of nitrogens with zero attached hydrogens (tertiary/aromatic N) is 3. The monoisotopic (exact) mass is 434 g/mol. The lowest BCUT2D eigenvalue weighted by Crippen LogP contribution is -2.23. The van der Waals surface area contributed by atoms with Gasteiger partial charge in [-0.15, -0.1) is 11.3 Å². The molecule has 1 amide bonds. The molecule has 0 atom stereocenters. The van der Waals surface area contributed by atoms with Crippen LogP contribution >= 0.6 is 11.3 Å². The van der Waals surface area contributed by atoms with Crippen LogP contribution in [0.5, 0.6) is 0 Å². The number of rotatable bonds is 7. The number of esters is 1. The summed E-state index contributed by atoms with van der Waals surface area (Å²) < 4.78 is 7.03. The highest BCUT2D eigenvalue weighted by Crippen LogP contribution is 2.24. The number of fused-ring (bicyclic) bond motifs is 1. The maximum Gasteiger partial charge on any atom is 0.326 e. The Balaban J connectivity index is 1.36. The van der Waals surface area contributed by atoms with E-state index < -0.39 is 11.9 Å². The van der Waals surface area contributed by atoms with Gasteiger partial charge in [0, 0.05) is 23.1 Å². The minimum absolute atomic E-state index is 0.00955. The molecular formula is C23H22N4O3S. The van der Waals surface area contributed by atoms with Gasteiger partial charge in [-0.2, -0.15) is 0 Å². The summed E-state index contributed by atoms with van der Waals surface area (Å²) in [6, 6.07) is 15.1. The summed E-state index contributed by atoms with van der Waals surface area (Å²) in [5, 5.41) is 5.72. The molecule has 2 aromatic carbocycles. The maximum absolute atomic E-state index is 12.4. The predicted molar refractivity (Wildman–Crippen MR) is 121 cm³/mol. The van der Waals surface area contributed by atoms with E-state index in [4.69, 9.17) is 4.74 Å². The SMILES string of the molecule is CCc1nc2ccccc2n1CC(=O)OCC(=O)Nc1cccc(-c2csc(C)n2)c1. The average molecular weight is 435 g/mol. The quantitative estimate of drug-likeness (QED) is 0.440. The van der Waals surface area contributed by atoms with E-state index in [0.717, 1.165) is 33.1 Å². The molecule has 0 unspecified atom stereocenters. The summed E-state index contributed by atoms with van der Waals surface area (Å²) in [6.07, 6.45) is 0.692. The van der Waals surface area contributed by atoms with Crippen molar-refractivity contribution >= 4 is 39.9 Å². The number of hydrogen-bond donors (Lipinski definition) is 1. The molecule has 158 valence electrons. The second-order valence-corrected chi connectivity index (χ2v) is 8.06. The number of hydrogen-bond acceptors (Lipinski definition) is 6. The molecule has 7 nitrogen and oxygen atoms in total. The van der Waals surface area contributed by atoms with Gasteiger partial charge in [-0.3, -0.25) is 9.59 Å². The first-order chi connectivity index (χ1) is 15.0. The van der Waals surface area contributed by atoms with Gasteiger partial charge in [-0.1, -0.05) is 31.2 Å². The Labute approximate surface area is 183 Å². The highest BCUT2D eigenvalue weighted by molar-refractivity contribution is 7.09. The first-order valence-electron chi connectivity index (χ1n) is 9.95. The van der Waals surface area contributed by atoms with Gasteiger partial charge in [-0.05, 0) is 31.2 Å². The Hall–Kier alpha value is -3.52. The Morgan fingerprint density at radius 3 is 2.74 bits per heavy atom. The van der Waals surface area contributed by atoms with Crippen LogP contribution in [0.25, 0.3) is 22.3 Å². The number of aromatic nitrogens is 3. The third-order valence-electron chi connectivity index (χ3n) is 4.76. The van der Waals surface area contributed by atoms with Gasteiger partial charge in [0.2, 0.25) is 0 Å². The van der Waals surface area contributed by atoms with E-state index in [-0.39, 0.29) is 13.2 Å². The summed E-state index contributed by atoms with van der Waals surface area (Å²) in [4.78, 5) is 33.7. The number of aryl methyl sites for hydroxylation is 2. The number of anilines is 1. The Morgan fingerprint density at radius 2 is 1.97 bits per heavy atom. The van der Waals surface area contributed by atoms with E-state index in [9.17, 15) is 9.59 Å². The Bertz CT molecular complexity index is 1240. The first-order valence-corrected chi connectivity index (χ1v) is 10.8. The smallest absolute Gasteiger partial charge is 0.326 e. The lowest BCUT2D eigenvalue weighted by Gasteiger charge is -2.10. The molecule has 0 radical (unpaired) electrons. The van der Waals surface area contributed by atoms with Crippen molar-refractivity contribution in [1.82, 2.24) is 14.5 Å². The normalized spacial score (nSPS) is 10.9. The largest absolute Gasteiger partial charge is 0.454 e. The topological polar surface area (TPSA) is 86.1 Å². The van der Waals surface area contributed by atoms with Gasteiger partial charge in [0.05, 0.1) is 21.7 Å². The number of imidazole rings is 1. The number of carbonyl (C=O) groups excluding carboxylic acids is 2. The average Bonchev–Trinajstić information content (AvgIpc) is 3.36. The molecule has 4 rings (SSSR count). The maximum atomic E-state index is 12.4.